The summed E-state index contributed by atoms with van der Waals surface area (Å²) in [6.07, 6.45) is 6.66. The van der Waals surface area contributed by atoms with Crippen LogP contribution >= 0.6 is 0 Å². The van der Waals surface area contributed by atoms with Gasteiger partial charge in [0, 0.05) is 30.6 Å². The molecule has 6 heteroatoms. The second-order valence-corrected chi connectivity index (χ2v) is 10.8. The smallest absolute Gasteiger partial charge is 0.251 e. The fourth-order valence-corrected chi connectivity index (χ4v) is 5.54. The first-order chi connectivity index (χ1) is 19.1. The number of carbonyl (C=O) groups is 2. The lowest BCUT2D eigenvalue weighted by atomic mass is 10.0. The molecule has 1 saturated heterocycles. The van der Waals surface area contributed by atoms with Gasteiger partial charge in [-0.3, -0.25) is 9.59 Å². The van der Waals surface area contributed by atoms with Crippen molar-refractivity contribution >= 4 is 11.8 Å². The molecule has 5 nitrogen and oxygen atoms in total. The molecule has 3 aromatic carbocycles. The topological polar surface area (TPSA) is 61.4 Å². The van der Waals surface area contributed by atoms with Crippen molar-refractivity contribution < 1.29 is 14.0 Å². The molecule has 2 aliphatic rings. The van der Waals surface area contributed by atoms with Gasteiger partial charge in [0.15, 0.2) is 0 Å². The van der Waals surface area contributed by atoms with Crippen LogP contribution in [0.5, 0.6) is 0 Å². The average Bonchev–Trinajstić information content (AvgIpc) is 3.77. The molecule has 1 aliphatic carbocycles. The summed E-state index contributed by atoms with van der Waals surface area (Å²) in [5.74, 6) is 0.0825. The van der Waals surface area contributed by atoms with Crippen LogP contribution < -0.4 is 10.6 Å². The van der Waals surface area contributed by atoms with Crippen molar-refractivity contribution in [2.75, 3.05) is 19.6 Å². The molecule has 3 unspecified atom stereocenters. The molecule has 3 aromatic rings. The van der Waals surface area contributed by atoms with Crippen molar-refractivity contribution in [1.29, 1.82) is 0 Å². The molecule has 204 valence electrons. The predicted octanol–water partition coefficient (Wildman–Crippen LogP) is 5.92. The van der Waals surface area contributed by atoms with E-state index < -0.39 is 6.04 Å². The van der Waals surface area contributed by atoms with E-state index >= 15 is 0 Å². The van der Waals surface area contributed by atoms with E-state index in [2.05, 4.69) is 10.6 Å². The molecule has 2 N–H and O–H groups in total. The van der Waals surface area contributed by atoms with Gasteiger partial charge in [-0.15, -0.1) is 0 Å². The van der Waals surface area contributed by atoms with Crippen LogP contribution in [0.4, 0.5) is 4.39 Å². The van der Waals surface area contributed by atoms with Crippen LogP contribution in [0.15, 0.2) is 78.9 Å². The summed E-state index contributed by atoms with van der Waals surface area (Å²) < 4.78 is 13.2. The lowest BCUT2D eigenvalue weighted by Gasteiger charge is -2.31. The third kappa shape index (κ3) is 7.33. The Kier molecular flexibility index (Phi) is 9.04. The van der Waals surface area contributed by atoms with Crippen LogP contribution in [0, 0.1) is 5.82 Å². The second-order valence-electron chi connectivity index (χ2n) is 10.8. The summed E-state index contributed by atoms with van der Waals surface area (Å²) in [5, 5.41) is 6.65. The zero-order chi connectivity index (χ0) is 27.0. The highest BCUT2D eigenvalue weighted by molar-refractivity contribution is 5.98. The monoisotopic (exact) mass is 527 g/mol. The summed E-state index contributed by atoms with van der Waals surface area (Å²) in [4.78, 5) is 28.4. The van der Waals surface area contributed by atoms with Crippen molar-refractivity contribution in [3.05, 3.63) is 95.8 Å². The van der Waals surface area contributed by atoms with Crippen molar-refractivity contribution in [2.24, 2.45) is 0 Å². The highest BCUT2D eigenvalue weighted by Crippen LogP contribution is 2.40. The maximum absolute atomic E-state index is 13.4. The number of amides is 2. The standard InChI is InChI=1S/C33H38FN3O2/c34-28-18-16-26(17-19-28)29-23-31(29)35-20-6-5-11-30(33(39)37-21-7-2-8-22-37)36-32(38)27-14-12-25(13-15-27)24-9-3-1-4-10-24/h1,3-4,9-10,12-19,29-31,35H,2,5-8,11,20-23H2,(H,36,38). The maximum atomic E-state index is 13.4. The Morgan fingerprint density at radius 3 is 2.26 bits per heavy atom. The van der Waals surface area contributed by atoms with Gasteiger partial charge in [0.25, 0.3) is 5.91 Å². The Hall–Kier alpha value is -3.51. The average molecular weight is 528 g/mol. The zero-order valence-electron chi connectivity index (χ0n) is 22.5. The molecular weight excluding hydrogens is 489 g/mol. The van der Waals surface area contributed by atoms with Crippen molar-refractivity contribution in [3.8, 4) is 11.1 Å². The van der Waals surface area contributed by atoms with E-state index in [1.165, 1.54) is 17.7 Å². The second kappa shape index (κ2) is 13.0. The van der Waals surface area contributed by atoms with Crippen LogP contribution in [-0.2, 0) is 4.79 Å². The molecular formula is C33H38FN3O2. The van der Waals surface area contributed by atoms with Gasteiger partial charge in [0.2, 0.25) is 5.91 Å². The number of carbonyl (C=O) groups excluding carboxylic acids is 2. The molecule has 0 bridgehead atoms. The molecule has 1 aliphatic heterocycles. The van der Waals surface area contributed by atoms with Crippen LogP contribution in [-0.4, -0.2) is 48.4 Å². The summed E-state index contributed by atoms with van der Waals surface area (Å²) in [6, 6.07) is 24.3. The van der Waals surface area contributed by atoms with Crippen LogP contribution in [0.3, 0.4) is 0 Å². The van der Waals surface area contributed by atoms with Gasteiger partial charge < -0.3 is 15.5 Å². The normalized spacial score (nSPS) is 19.4. The van der Waals surface area contributed by atoms with E-state index in [1.807, 2.05) is 71.6 Å². The van der Waals surface area contributed by atoms with E-state index in [0.717, 1.165) is 69.3 Å². The summed E-state index contributed by atoms with van der Waals surface area (Å²) in [5.41, 5.74) is 3.90. The number of nitrogens with one attached hydrogen (secondary N) is 2. The first-order valence-electron chi connectivity index (χ1n) is 14.3. The van der Waals surface area contributed by atoms with Gasteiger partial charge in [-0.25, -0.2) is 4.39 Å². The van der Waals surface area contributed by atoms with Gasteiger partial charge in [-0.1, -0.05) is 54.6 Å². The number of halogens is 1. The summed E-state index contributed by atoms with van der Waals surface area (Å²) in [6.45, 7) is 2.40. The number of unbranched alkanes of at least 4 members (excludes halogenated alkanes) is 1. The molecule has 2 fully saturated rings. The fraction of sp³-hybridized carbons (Fsp3) is 0.394. The third-order valence-electron chi connectivity index (χ3n) is 7.94. The minimum Gasteiger partial charge on any atom is -0.341 e. The van der Waals surface area contributed by atoms with Crippen LogP contribution in [0.2, 0.25) is 0 Å². The van der Waals surface area contributed by atoms with Crippen molar-refractivity contribution in [3.63, 3.8) is 0 Å². The Bertz CT molecular complexity index is 1220. The van der Waals surface area contributed by atoms with E-state index in [4.69, 9.17) is 0 Å². The highest BCUT2D eigenvalue weighted by Gasteiger charge is 2.37. The molecule has 1 heterocycles. The number of benzene rings is 3. The van der Waals surface area contributed by atoms with Gasteiger partial charge >= 0.3 is 0 Å². The molecule has 2 amide bonds. The van der Waals surface area contributed by atoms with E-state index in [0.29, 0.717) is 23.9 Å². The minimum absolute atomic E-state index is 0.0375. The van der Waals surface area contributed by atoms with Crippen molar-refractivity contribution in [2.45, 2.75) is 62.9 Å². The van der Waals surface area contributed by atoms with Crippen molar-refractivity contribution in [1.82, 2.24) is 15.5 Å². The van der Waals surface area contributed by atoms with E-state index in [9.17, 15) is 14.0 Å². The molecule has 39 heavy (non-hydrogen) atoms. The summed E-state index contributed by atoms with van der Waals surface area (Å²) in [7, 11) is 0. The minimum atomic E-state index is -0.516. The van der Waals surface area contributed by atoms with Gasteiger partial charge in [0.1, 0.15) is 11.9 Å². The molecule has 5 rings (SSSR count). The van der Waals surface area contributed by atoms with E-state index in [1.54, 1.807) is 0 Å². The lowest BCUT2D eigenvalue weighted by molar-refractivity contribution is -0.134. The summed E-state index contributed by atoms with van der Waals surface area (Å²) >= 11 is 0. The first kappa shape index (κ1) is 27.1. The number of likely N-dealkylation sites (tertiary alicyclic amines) is 1. The molecule has 3 atom stereocenters. The van der Waals surface area contributed by atoms with Gasteiger partial charge in [0.05, 0.1) is 0 Å². The molecule has 0 spiro atoms. The molecule has 0 radical (unpaired) electrons. The number of hydrogen-bond acceptors (Lipinski definition) is 3. The third-order valence-corrected chi connectivity index (χ3v) is 7.94. The quantitative estimate of drug-likeness (QED) is 0.304. The maximum Gasteiger partial charge on any atom is 0.251 e. The highest BCUT2D eigenvalue weighted by atomic mass is 19.1. The fourth-order valence-electron chi connectivity index (χ4n) is 5.54. The zero-order valence-corrected chi connectivity index (χ0v) is 22.5. The number of nitrogens with zero attached hydrogens (tertiary/aromatic N) is 1. The molecule has 1 saturated carbocycles. The van der Waals surface area contributed by atoms with Gasteiger partial charge in [-0.2, -0.15) is 0 Å². The predicted molar refractivity (Wildman–Crippen MR) is 153 cm³/mol. The Morgan fingerprint density at radius 2 is 1.54 bits per heavy atom. The SMILES string of the molecule is O=C(NC(CCCCNC1CC1c1ccc(F)cc1)C(=O)N1CCCCC1)c1ccc(-c2ccccc2)cc1. The Labute approximate surface area is 230 Å². The number of piperidine rings is 1. The lowest BCUT2D eigenvalue weighted by Crippen LogP contribution is -2.50. The van der Waals surface area contributed by atoms with Crippen LogP contribution in [0.1, 0.15) is 66.8 Å². The van der Waals surface area contributed by atoms with Gasteiger partial charge in [-0.05, 0) is 92.4 Å². The van der Waals surface area contributed by atoms with Crippen LogP contribution in [0.25, 0.3) is 11.1 Å². The Balaban J connectivity index is 1.13. The Morgan fingerprint density at radius 1 is 0.846 bits per heavy atom. The number of hydrogen-bond donors (Lipinski definition) is 2. The first-order valence-corrected chi connectivity index (χ1v) is 14.3. The van der Waals surface area contributed by atoms with E-state index in [-0.39, 0.29) is 17.6 Å². The molecule has 0 aromatic heterocycles. The largest absolute Gasteiger partial charge is 0.341 e. The number of rotatable bonds is 11.